The topological polar surface area (TPSA) is 58.6 Å². The Bertz CT molecular complexity index is 805. The van der Waals surface area contributed by atoms with Gasteiger partial charge >= 0.3 is 5.97 Å². The fraction of sp³-hybridized carbons (Fsp3) is 0.480. The predicted octanol–water partition coefficient (Wildman–Crippen LogP) is 4.74. The van der Waals surface area contributed by atoms with Crippen molar-refractivity contribution in [1.82, 2.24) is 5.32 Å². The fourth-order valence-electron chi connectivity index (χ4n) is 4.08. The summed E-state index contributed by atoms with van der Waals surface area (Å²) in [7, 11) is 0. The van der Waals surface area contributed by atoms with Crippen LogP contribution in [0.15, 0.2) is 48.5 Å². The molecule has 0 amide bonds. The Balaban J connectivity index is 1.58. The first-order valence-electron chi connectivity index (χ1n) is 10.6. The molecule has 0 radical (unpaired) electrons. The van der Waals surface area contributed by atoms with E-state index in [2.05, 4.69) is 50.4 Å². The molecule has 0 heterocycles. The van der Waals surface area contributed by atoms with Gasteiger partial charge < -0.3 is 15.2 Å². The number of nitrogens with one attached hydrogen (secondary N) is 1. The molecule has 2 aromatic carbocycles. The Hall–Kier alpha value is -2.17. The maximum Gasteiger partial charge on any atom is 0.310 e. The van der Waals surface area contributed by atoms with Gasteiger partial charge in [-0.25, -0.2) is 0 Å². The third kappa shape index (κ3) is 6.15. The van der Waals surface area contributed by atoms with Crippen molar-refractivity contribution in [3.05, 3.63) is 54.1 Å². The summed E-state index contributed by atoms with van der Waals surface area (Å²) >= 11 is 0. The molecule has 1 fully saturated rings. The number of ether oxygens (including phenoxy) is 1. The smallest absolute Gasteiger partial charge is 0.310 e. The molecule has 4 heteroatoms. The molecule has 0 aliphatic heterocycles. The van der Waals surface area contributed by atoms with Gasteiger partial charge in [-0.3, -0.25) is 4.79 Å². The summed E-state index contributed by atoms with van der Waals surface area (Å²) in [5.74, 6) is 0.859. The number of aliphatic hydroxyl groups excluding tert-OH is 1. The van der Waals surface area contributed by atoms with Crippen LogP contribution in [0.2, 0.25) is 0 Å². The van der Waals surface area contributed by atoms with Crippen molar-refractivity contribution in [3.8, 4) is 16.9 Å². The Morgan fingerprint density at radius 3 is 2.17 bits per heavy atom. The quantitative estimate of drug-likeness (QED) is 0.548. The Morgan fingerprint density at radius 1 is 1.03 bits per heavy atom. The van der Waals surface area contributed by atoms with Crippen LogP contribution < -0.4 is 10.1 Å². The lowest BCUT2D eigenvalue weighted by Crippen LogP contribution is -2.47. The minimum atomic E-state index is -0.265. The summed E-state index contributed by atoms with van der Waals surface area (Å²) in [6, 6.07) is 16.4. The second kappa shape index (κ2) is 9.10. The molecule has 3 atom stereocenters. The van der Waals surface area contributed by atoms with Crippen molar-refractivity contribution >= 4 is 5.97 Å². The summed E-state index contributed by atoms with van der Waals surface area (Å²) in [6.45, 7) is 8.22. The van der Waals surface area contributed by atoms with Crippen molar-refractivity contribution in [1.29, 1.82) is 0 Å². The number of esters is 1. The number of hydrogen-bond acceptors (Lipinski definition) is 4. The van der Waals surface area contributed by atoms with E-state index in [0.717, 1.165) is 30.4 Å². The summed E-state index contributed by atoms with van der Waals surface area (Å²) in [5, 5.41) is 13.9. The minimum Gasteiger partial charge on any atom is -0.427 e. The van der Waals surface area contributed by atoms with Crippen molar-refractivity contribution < 1.29 is 14.6 Å². The zero-order valence-electron chi connectivity index (χ0n) is 17.9. The highest BCUT2D eigenvalue weighted by Gasteiger charge is 2.34. The lowest BCUT2D eigenvalue weighted by Gasteiger charge is -2.27. The van der Waals surface area contributed by atoms with E-state index in [4.69, 9.17) is 4.74 Å². The maximum atomic E-state index is 11.4. The van der Waals surface area contributed by atoms with Crippen LogP contribution >= 0.6 is 0 Å². The van der Waals surface area contributed by atoms with Crippen LogP contribution in [0.5, 0.6) is 5.75 Å². The van der Waals surface area contributed by atoms with Crippen LogP contribution in [0.25, 0.3) is 11.1 Å². The van der Waals surface area contributed by atoms with Crippen molar-refractivity contribution in [2.24, 2.45) is 5.92 Å². The molecule has 1 aliphatic carbocycles. The van der Waals surface area contributed by atoms with Crippen molar-refractivity contribution in [2.45, 2.75) is 71.1 Å². The second-order valence-electron chi connectivity index (χ2n) is 9.16. The molecule has 0 aromatic heterocycles. The molecule has 0 unspecified atom stereocenters. The average molecular weight is 396 g/mol. The monoisotopic (exact) mass is 395 g/mol. The zero-order valence-corrected chi connectivity index (χ0v) is 17.9. The number of carbonyl (C=O) groups is 1. The highest BCUT2D eigenvalue weighted by Crippen LogP contribution is 2.31. The molecule has 2 aromatic rings. The Kier molecular flexibility index (Phi) is 6.76. The predicted molar refractivity (Wildman–Crippen MR) is 117 cm³/mol. The molecule has 0 spiro atoms. The van der Waals surface area contributed by atoms with Gasteiger partial charge in [-0.2, -0.15) is 0 Å². The van der Waals surface area contributed by atoms with Crippen LogP contribution in [0.1, 0.15) is 52.5 Å². The van der Waals surface area contributed by atoms with E-state index < -0.39 is 0 Å². The van der Waals surface area contributed by atoms with Gasteiger partial charge in [0.1, 0.15) is 5.75 Å². The fourth-order valence-corrected chi connectivity index (χ4v) is 4.08. The molecule has 4 nitrogen and oxygen atoms in total. The SMILES string of the molecule is CCC(=O)Oc1ccc(-c2ccc(C[C@@H]3C[C@@H](O)[C@H](NC(C)(C)C)C3)cc2)cc1. The molecule has 0 bridgehead atoms. The van der Waals surface area contributed by atoms with Gasteiger partial charge in [0.25, 0.3) is 0 Å². The molecule has 3 rings (SSSR count). The molecule has 29 heavy (non-hydrogen) atoms. The van der Waals surface area contributed by atoms with Gasteiger partial charge in [0, 0.05) is 18.0 Å². The summed E-state index contributed by atoms with van der Waals surface area (Å²) in [6.07, 6.45) is 2.96. The lowest BCUT2D eigenvalue weighted by atomic mass is 9.95. The molecule has 1 aliphatic rings. The molecule has 0 saturated heterocycles. The van der Waals surface area contributed by atoms with Gasteiger partial charge in [-0.1, -0.05) is 43.3 Å². The van der Waals surface area contributed by atoms with Gasteiger partial charge in [0.05, 0.1) is 6.10 Å². The van der Waals surface area contributed by atoms with Gasteiger partial charge in [-0.05, 0) is 74.8 Å². The zero-order chi connectivity index (χ0) is 21.0. The number of aliphatic hydroxyl groups is 1. The summed E-state index contributed by atoms with van der Waals surface area (Å²) in [4.78, 5) is 11.4. The molecular weight excluding hydrogens is 362 g/mol. The van der Waals surface area contributed by atoms with E-state index in [1.807, 2.05) is 24.3 Å². The first-order valence-corrected chi connectivity index (χ1v) is 10.6. The van der Waals surface area contributed by atoms with Crippen LogP contribution in [0.3, 0.4) is 0 Å². The third-order valence-electron chi connectivity index (χ3n) is 5.43. The minimum absolute atomic E-state index is 0.0204. The highest BCUT2D eigenvalue weighted by molar-refractivity contribution is 5.72. The van der Waals surface area contributed by atoms with Gasteiger partial charge in [0.15, 0.2) is 0 Å². The Labute approximate surface area is 174 Å². The van der Waals surface area contributed by atoms with Gasteiger partial charge in [-0.15, -0.1) is 0 Å². The molecule has 1 saturated carbocycles. The number of benzene rings is 2. The van der Waals surface area contributed by atoms with E-state index in [9.17, 15) is 9.90 Å². The van der Waals surface area contributed by atoms with Gasteiger partial charge in [0.2, 0.25) is 0 Å². The normalized spacial score (nSPS) is 21.9. The standard InChI is InChI=1S/C25H33NO3/c1-5-24(28)29-21-12-10-20(11-13-21)19-8-6-17(7-9-19)14-18-15-22(23(27)16-18)26-25(2,3)4/h6-13,18,22-23,26-27H,5,14-16H2,1-4H3/t18-,22+,23+/m0/s1. The highest BCUT2D eigenvalue weighted by atomic mass is 16.5. The number of rotatable bonds is 6. The van der Waals surface area contributed by atoms with Crippen molar-refractivity contribution in [2.75, 3.05) is 0 Å². The second-order valence-corrected chi connectivity index (χ2v) is 9.16. The van der Waals surface area contributed by atoms with Crippen LogP contribution in [-0.4, -0.2) is 28.8 Å². The van der Waals surface area contributed by atoms with E-state index in [0.29, 0.717) is 18.1 Å². The lowest BCUT2D eigenvalue weighted by molar-refractivity contribution is -0.134. The molecule has 2 N–H and O–H groups in total. The van der Waals surface area contributed by atoms with Crippen molar-refractivity contribution in [3.63, 3.8) is 0 Å². The van der Waals surface area contributed by atoms with E-state index >= 15 is 0 Å². The summed E-state index contributed by atoms with van der Waals surface area (Å²) in [5.41, 5.74) is 3.56. The first-order chi connectivity index (χ1) is 13.7. The number of carbonyl (C=O) groups excluding carboxylic acids is 1. The summed E-state index contributed by atoms with van der Waals surface area (Å²) < 4.78 is 5.23. The van der Waals surface area contributed by atoms with E-state index in [1.165, 1.54) is 5.56 Å². The first kappa shape index (κ1) is 21.5. The third-order valence-corrected chi connectivity index (χ3v) is 5.43. The maximum absolute atomic E-state index is 11.4. The largest absolute Gasteiger partial charge is 0.427 e. The Morgan fingerprint density at radius 2 is 1.62 bits per heavy atom. The van der Waals surface area contributed by atoms with Crippen LogP contribution in [0.4, 0.5) is 0 Å². The van der Waals surface area contributed by atoms with E-state index in [1.54, 1.807) is 6.92 Å². The van der Waals surface area contributed by atoms with Crippen LogP contribution in [0, 0.1) is 5.92 Å². The molecule has 156 valence electrons. The average Bonchev–Trinajstić information content (AvgIpc) is 3.00. The van der Waals surface area contributed by atoms with Crippen LogP contribution in [-0.2, 0) is 11.2 Å². The molecular formula is C25H33NO3. The number of hydrogen-bond donors (Lipinski definition) is 2. The van der Waals surface area contributed by atoms with E-state index in [-0.39, 0.29) is 23.7 Å².